The van der Waals surface area contributed by atoms with Crippen LogP contribution in [0.3, 0.4) is 0 Å². The van der Waals surface area contributed by atoms with Crippen molar-refractivity contribution >= 4 is 35.9 Å². The summed E-state index contributed by atoms with van der Waals surface area (Å²) >= 11 is 0. The molecular formula is C19H31IN6O2. The van der Waals surface area contributed by atoms with Gasteiger partial charge in [0, 0.05) is 63.8 Å². The molecule has 1 aromatic heterocycles. The molecule has 2 unspecified atom stereocenters. The Morgan fingerprint density at radius 3 is 2.57 bits per heavy atom. The largest absolute Gasteiger partial charge is 0.381 e. The lowest BCUT2D eigenvalue weighted by Gasteiger charge is -2.55. The zero-order valence-corrected chi connectivity index (χ0v) is 18.8. The maximum absolute atomic E-state index is 6.41. The number of hydrogen-bond acceptors (Lipinski definition) is 6. The molecule has 2 atom stereocenters. The summed E-state index contributed by atoms with van der Waals surface area (Å²) in [6.45, 7) is 7.79. The van der Waals surface area contributed by atoms with Gasteiger partial charge in [-0.2, -0.15) is 0 Å². The second kappa shape index (κ2) is 9.53. The number of ether oxygens (including phenoxy) is 2. The molecule has 2 N–H and O–H groups in total. The van der Waals surface area contributed by atoms with Crippen molar-refractivity contribution < 1.29 is 9.47 Å². The van der Waals surface area contributed by atoms with Gasteiger partial charge in [0.05, 0.1) is 12.1 Å². The van der Waals surface area contributed by atoms with E-state index in [-0.39, 0.29) is 35.4 Å². The Morgan fingerprint density at radius 1 is 1.25 bits per heavy atom. The van der Waals surface area contributed by atoms with Gasteiger partial charge in [-0.05, 0) is 32.3 Å². The van der Waals surface area contributed by atoms with Gasteiger partial charge in [-0.15, -0.1) is 24.0 Å². The summed E-state index contributed by atoms with van der Waals surface area (Å²) in [5, 5.41) is 0. The molecule has 28 heavy (non-hydrogen) atoms. The van der Waals surface area contributed by atoms with Crippen molar-refractivity contribution in [3.8, 4) is 0 Å². The van der Waals surface area contributed by atoms with Crippen LogP contribution in [0, 0.1) is 5.41 Å². The van der Waals surface area contributed by atoms with Gasteiger partial charge in [0.25, 0.3) is 0 Å². The van der Waals surface area contributed by atoms with E-state index in [4.69, 9.17) is 20.2 Å². The van der Waals surface area contributed by atoms with Crippen LogP contribution in [0.15, 0.2) is 23.5 Å². The van der Waals surface area contributed by atoms with Gasteiger partial charge < -0.3 is 25.0 Å². The van der Waals surface area contributed by atoms with Gasteiger partial charge >= 0.3 is 0 Å². The Hall–Kier alpha value is -1.20. The first-order valence-corrected chi connectivity index (χ1v) is 10.0. The molecule has 0 aromatic carbocycles. The Labute approximate surface area is 183 Å². The zero-order chi connectivity index (χ0) is 18.7. The predicted octanol–water partition coefficient (Wildman–Crippen LogP) is 1.51. The summed E-state index contributed by atoms with van der Waals surface area (Å²) in [5.41, 5.74) is 6.52. The first-order valence-electron chi connectivity index (χ1n) is 10.0. The lowest BCUT2D eigenvalue weighted by atomic mass is 9.58. The minimum atomic E-state index is 0. The molecule has 1 spiro atoms. The molecule has 1 aromatic rings. The van der Waals surface area contributed by atoms with E-state index in [9.17, 15) is 0 Å². The van der Waals surface area contributed by atoms with E-state index in [1.165, 1.54) is 0 Å². The summed E-state index contributed by atoms with van der Waals surface area (Å²) in [4.78, 5) is 18.0. The van der Waals surface area contributed by atoms with E-state index in [1.54, 1.807) is 12.4 Å². The molecule has 3 fully saturated rings. The fraction of sp³-hybridized carbons (Fsp3) is 0.737. The van der Waals surface area contributed by atoms with Crippen molar-refractivity contribution in [2.24, 2.45) is 16.1 Å². The highest BCUT2D eigenvalue weighted by molar-refractivity contribution is 14.0. The lowest BCUT2D eigenvalue weighted by Crippen LogP contribution is -2.61. The van der Waals surface area contributed by atoms with Gasteiger partial charge in [0.15, 0.2) is 5.96 Å². The van der Waals surface area contributed by atoms with Gasteiger partial charge in [0.2, 0.25) is 5.95 Å². The summed E-state index contributed by atoms with van der Waals surface area (Å²) < 4.78 is 11.6. The second-order valence-corrected chi connectivity index (χ2v) is 7.55. The molecule has 3 aliphatic rings. The third-order valence-electron chi connectivity index (χ3n) is 6.26. The quantitative estimate of drug-likeness (QED) is 0.379. The van der Waals surface area contributed by atoms with Crippen LogP contribution >= 0.6 is 24.0 Å². The molecule has 2 aliphatic heterocycles. The molecule has 9 heteroatoms. The Morgan fingerprint density at radius 2 is 1.93 bits per heavy atom. The molecule has 0 radical (unpaired) electrons. The number of guanidine groups is 1. The summed E-state index contributed by atoms with van der Waals surface area (Å²) in [5.74, 6) is 1.45. The second-order valence-electron chi connectivity index (χ2n) is 7.55. The normalized spacial score (nSPS) is 27.2. The maximum atomic E-state index is 6.41. The number of anilines is 1. The molecular weight excluding hydrogens is 471 g/mol. The highest BCUT2D eigenvalue weighted by Crippen LogP contribution is 2.52. The average molecular weight is 502 g/mol. The van der Waals surface area contributed by atoms with Gasteiger partial charge in [-0.25, -0.2) is 15.0 Å². The van der Waals surface area contributed by atoms with Crippen molar-refractivity contribution in [2.45, 2.75) is 38.3 Å². The van der Waals surface area contributed by atoms with Crippen molar-refractivity contribution in [3.05, 3.63) is 18.5 Å². The number of rotatable bonds is 4. The Bertz CT molecular complexity index is 647. The summed E-state index contributed by atoms with van der Waals surface area (Å²) in [7, 11) is 0. The number of nitrogens with two attached hydrogens (primary N) is 1. The fourth-order valence-corrected chi connectivity index (χ4v) is 4.58. The molecule has 1 saturated carbocycles. The SMILES string of the molecule is CCOC1CC(N=C(N)N2CCN(c3ncccn3)CC2)C12CCOCC2.I. The summed E-state index contributed by atoms with van der Waals surface area (Å²) in [6.07, 6.45) is 6.84. The number of aliphatic imine (C=N–C) groups is 1. The molecule has 156 valence electrons. The Balaban J connectivity index is 0.00000225. The van der Waals surface area contributed by atoms with Crippen molar-refractivity contribution in [1.29, 1.82) is 0 Å². The maximum Gasteiger partial charge on any atom is 0.225 e. The molecule has 3 heterocycles. The highest BCUT2D eigenvalue weighted by Gasteiger charge is 2.56. The third kappa shape index (κ3) is 4.20. The van der Waals surface area contributed by atoms with E-state index in [2.05, 4.69) is 26.7 Å². The van der Waals surface area contributed by atoms with E-state index in [0.29, 0.717) is 12.1 Å². The van der Waals surface area contributed by atoms with Crippen LogP contribution in [0.25, 0.3) is 0 Å². The number of nitrogens with zero attached hydrogens (tertiary/aromatic N) is 5. The predicted molar refractivity (Wildman–Crippen MR) is 119 cm³/mol. The van der Waals surface area contributed by atoms with Crippen LogP contribution < -0.4 is 10.6 Å². The molecule has 0 bridgehead atoms. The minimum absolute atomic E-state index is 0. The van der Waals surface area contributed by atoms with Gasteiger partial charge in [0.1, 0.15) is 0 Å². The van der Waals surface area contributed by atoms with E-state index in [0.717, 1.165) is 71.2 Å². The van der Waals surface area contributed by atoms with Crippen LogP contribution in [0.2, 0.25) is 0 Å². The van der Waals surface area contributed by atoms with Crippen LogP contribution in [0.1, 0.15) is 26.2 Å². The smallest absolute Gasteiger partial charge is 0.225 e. The Kier molecular flexibility index (Phi) is 7.32. The molecule has 1 aliphatic carbocycles. The number of piperazine rings is 1. The van der Waals surface area contributed by atoms with Gasteiger partial charge in [-0.1, -0.05) is 0 Å². The standard InChI is InChI=1S/C19H30N6O2.HI/c1-2-27-16-14-15(19(16)4-12-26-13-5-19)23-17(20)24-8-10-25(11-9-24)18-21-6-3-7-22-18;/h3,6-7,15-16H,2,4-5,8-14H2,1H3,(H2,20,23);1H. The fourth-order valence-electron chi connectivity index (χ4n) is 4.58. The van der Waals surface area contributed by atoms with Gasteiger partial charge in [-0.3, -0.25) is 0 Å². The van der Waals surface area contributed by atoms with Crippen LogP contribution in [0.5, 0.6) is 0 Å². The van der Waals surface area contributed by atoms with E-state index < -0.39 is 0 Å². The van der Waals surface area contributed by atoms with E-state index in [1.807, 2.05) is 6.07 Å². The van der Waals surface area contributed by atoms with Crippen molar-refractivity contribution in [1.82, 2.24) is 14.9 Å². The van der Waals surface area contributed by atoms with Crippen molar-refractivity contribution in [3.63, 3.8) is 0 Å². The minimum Gasteiger partial charge on any atom is -0.381 e. The summed E-state index contributed by atoms with van der Waals surface area (Å²) in [6, 6.07) is 2.08. The number of halogens is 1. The van der Waals surface area contributed by atoms with Crippen LogP contribution in [0.4, 0.5) is 5.95 Å². The van der Waals surface area contributed by atoms with Crippen molar-refractivity contribution in [2.75, 3.05) is 50.9 Å². The first-order chi connectivity index (χ1) is 13.2. The monoisotopic (exact) mass is 502 g/mol. The molecule has 4 rings (SSSR count). The van der Waals surface area contributed by atoms with E-state index >= 15 is 0 Å². The van der Waals surface area contributed by atoms with Crippen LogP contribution in [-0.2, 0) is 9.47 Å². The first kappa shape index (κ1) is 21.5. The molecule has 8 nitrogen and oxygen atoms in total. The topological polar surface area (TPSA) is 89.1 Å². The van der Waals surface area contributed by atoms with Crippen LogP contribution in [-0.4, -0.2) is 79.0 Å². The number of aromatic nitrogens is 2. The average Bonchev–Trinajstić information content (AvgIpc) is 2.74. The third-order valence-corrected chi connectivity index (χ3v) is 6.26. The molecule has 0 amide bonds. The number of hydrogen-bond donors (Lipinski definition) is 1. The lowest BCUT2D eigenvalue weighted by molar-refractivity contribution is -0.163. The highest BCUT2D eigenvalue weighted by atomic mass is 127. The zero-order valence-electron chi connectivity index (χ0n) is 16.5. The molecule has 2 saturated heterocycles.